The number of hydrogen-bond donors (Lipinski definition) is 0. The third-order valence-electron chi connectivity index (χ3n) is 2.00. The van der Waals surface area contributed by atoms with Gasteiger partial charge in [0.2, 0.25) is 0 Å². The quantitative estimate of drug-likeness (QED) is 0.544. The van der Waals surface area contributed by atoms with Crippen LogP contribution in [0.5, 0.6) is 0 Å². The van der Waals surface area contributed by atoms with Crippen LogP contribution in [0.3, 0.4) is 0 Å². The van der Waals surface area contributed by atoms with Crippen molar-refractivity contribution in [1.29, 1.82) is 0 Å². The molecule has 0 saturated carbocycles. The van der Waals surface area contributed by atoms with E-state index in [1.807, 2.05) is 0 Å². The highest BCUT2D eigenvalue weighted by Crippen LogP contribution is 2.31. The van der Waals surface area contributed by atoms with E-state index in [1.54, 1.807) is 0 Å². The fraction of sp³-hybridized carbons (Fsp3) is 0.500. The molecule has 1 aromatic heterocycles. The van der Waals surface area contributed by atoms with Crippen LogP contribution >= 0.6 is 10.7 Å². The van der Waals surface area contributed by atoms with Gasteiger partial charge >= 0.3 is 0 Å². The van der Waals surface area contributed by atoms with Gasteiger partial charge in [-0.15, -0.1) is 9.19 Å². The van der Waals surface area contributed by atoms with Crippen molar-refractivity contribution in [2.45, 2.75) is 14.9 Å². The minimum Gasteiger partial charge on any atom is -0.222 e. The molecule has 0 bridgehead atoms. The summed E-state index contributed by atoms with van der Waals surface area (Å²) in [4.78, 5) is -1.39. The molecule has 0 aliphatic carbocycles. The molecule has 0 saturated heterocycles. The van der Waals surface area contributed by atoms with Crippen molar-refractivity contribution in [3.63, 3.8) is 0 Å². The zero-order valence-corrected chi connectivity index (χ0v) is 14.7. The van der Waals surface area contributed by atoms with E-state index in [2.05, 4.69) is 5.10 Å². The van der Waals surface area contributed by atoms with Crippen molar-refractivity contribution < 1.29 is 33.7 Å². The van der Waals surface area contributed by atoms with E-state index in [0.29, 0.717) is 18.8 Å². The third kappa shape index (κ3) is 3.74. The Labute approximate surface area is 126 Å². The molecule has 0 radical (unpaired) electrons. The Kier molecular flexibility index (Phi) is 4.29. The monoisotopic (exact) mass is 400 g/mol. The summed E-state index contributed by atoms with van der Waals surface area (Å²) < 4.78 is 92.2. The highest BCUT2D eigenvalue weighted by Gasteiger charge is 2.39. The predicted molar refractivity (Wildman–Crippen MR) is 71.7 cm³/mol. The Bertz CT molecular complexity index is 930. The molecule has 0 spiro atoms. The molecule has 0 unspecified atom stereocenters. The van der Waals surface area contributed by atoms with Crippen LogP contribution in [0.25, 0.3) is 0 Å². The Hall–Kier alpha value is -0.700. The molecule has 122 valence electrons. The molecule has 0 aliphatic heterocycles. The van der Waals surface area contributed by atoms with Crippen LogP contribution < -0.4 is 0 Å². The molecule has 1 heterocycles. The van der Waals surface area contributed by atoms with Gasteiger partial charge in [-0.25, -0.2) is 33.7 Å². The molecular weight excluding hydrogens is 392 g/mol. The first kappa shape index (κ1) is 18.3. The molecule has 0 N–H and O–H groups in total. The summed E-state index contributed by atoms with van der Waals surface area (Å²) >= 11 is 0. The number of nitrogens with zero attached hydrogens (tertiary/aromatic N) is 2. The molecule has 1 aromatic rings. The largest absolute Gasteiger partial charge is 0.267 e. The second-order valence-corrected chi connectivity index (χ2v) is 12.2. The van der Waals surface area contributed by atoms with Crippen LogP contribution in [-0.2, 0) is 38.7 Å². The predicted octanol–water partition coefficient (Wildman–Crippen LogP) is -1.57. The molecule has 0 aromatic carbocycles. The highest BCUT2D eigenvalue weighted by molar-refractivity contribution is 8.14. The minimum atomic E-state index is -4.90. The Morgan fingerprint density at radius 2 is 1.29 bits per heavy atom. The zero-order chi connectivity index (χ0) is 17.0. The summed E-state index contributed by atoms with van der Waals surface area (Å²) in [5.41, 5.74) is 0. The number of rotatable bonds is 4. The highest BCUT2D eigenvalue weighted by atomic mass is 35.7. The molecule has 21 heavy (non-hydrogen) atoms. The van der Waals surface area contributed by atoms with Crippen LogP contribution in [0.15, 0.2) is 14.9 Å². The third-order valence-corrected chi connectivity index (χ3v) is 6.68. The normalized spacial score (nSPS) is 14.3. The van der Waals surface area contributed by atoms with Crippen LogP contribution in [0.4, 0.5) is 0 Å². The first-order valence-electron chi connectivity index (χ1n) is 4.65. The van der Waals surface area contributed by atoms with Gasteiger partial charge in [-0.1, -0.05) is 0 Å². The lowest BCUT2D eigenvalue weighted by molar-refractivity contribution is 0.564. The van der Waals surface area contributed by atoms with Gasteiger partial charge < -0.3 is 0 Å². The van der Waals surface area contributed by atoms with Gasteiger partial charge in [-0.3, -0.25) is 0 Å². The standard InChI is InChI=1S/C6H9ClN2O8S4/c1-18(10,11)5-4(21(7,16)17)6(19(2,12)13)9(8-5)20(3,14)15/h1-3H3. The molecule has 0 atom stereocenters. The van der Waals surface area contributed by atoms with Crippen LogP contribution in [0.1, 0.15) is 0 Å². The van der Waals surface area contributed by atoms with Gasteiger partial charge in [-0.2, -0.15) is 0 Å². The van der Waals surface area contributed by atoms with E-state index in [1.165, 1.54) is 0 Å². The minimum absolute atomic E-state index is 0.187. The molecule has 0 aliphatic rings. The topological polar surface area (TPSA) is 154 Å². The molecule has 0 fully saturated rings. The maximum atomic E-state index is 11.7. The summed E-state index contributed by atoms with van der Waals surface area (Å²) in [7, 11) is -13.1. The number of hydrogen-bond acceptors (Lipinski definition) is 9. The first-order chi connectivity index (χ1) is 8.97. The van der Waals surface area contributed by atoms with E-state index in [0.717, 1.165) is 0 Å². The maximum Gasteiger partial charge on any atom is 0.267 e. The van der Waals surface area contributed by atoms with E-state index in [9.17, 15) is 33.7 Å². The molecule has 15 heteroatoms. The molecular formula is C6H9ClN2O8S4. The average Bonchev–Trinajstić information content (AvgIpc) is 2.52. The van der Waals surface area contributed by atoms with Gasteiger partial charge in [0.05, 0.1) is 6.26 Å². The van der Waals surface area contributed by atoms with Gasteiger partial charge in [-0.05, 0) is 0 Å². The van der Waals surface area contributed by atoms with Gasteiger partial charge in [0, 0.05) is 23.2 Å². The lowest BCUT2D eigenvalue weighted by Crippen LogP contribution is -2.18. The van der Waals surface area contributed by atoms with Crippen molar-refractivity contribution in [1.82, 2.24) is 9.19 Å². The first-order valence-corrected chi connectivity index (χ1v) is 12.6. The summed E-state index contributed by atoms with van der Waals surface area (Å²) in [6.07, 6.45) is 1.54. The van der Waals surface area contributed by atoms with Crippen LogP contribution in [-0.4, -0.2) is 61.6 Å². The second-order valence-electron chi connectivity index (χ2n) is 4.03. The Morgan fingerprint density at radius 1 is 0.857 bits per heavy atom. The van der Waals surface area contributed by atoms with E-state index >= 15 is 0 Å². The van der Waals surface area contributed by atoms with Gasteiger partial charge in [0.1, 0.15) is 0 Å². The Balaban J connectivity index is 4.34. The van der Waals surface area contributed by atoms with Gasteiger partial charge in [0.15, 0.2) is 34.6 Å². The summed E-state index contributed by atoms with van der Waals surface area (Å²) in [6, 6.07) is 0. The van der Waals surface area contributed by atoms with Crippen molar-refractivity contribution in [3.05, 3.63) is 0 Å². The second kappa shape index (κ2) is 4.91. The van der Waals surface area contributed by atoms with Gasteiger partial charge in [0.25, 0.3) is 19.1 Å². The Morgan fingerprint density at radius 3 is 1.52 bits per heavy atom. The van der Waals surface area contributed by atoms with E-state index in [4.69, 9.17) is 10.7 Å². The molecule has 10 nitrogen and oxygen atoms in total. The van der Waals surface area contributed by atoms with Crippen molar-refractivity contribution in [2.24, 2.45) is 0 Å². The van der Waals surface area contributed by atoms with E-state index in [-0.39, 0.29) is 4.09 Å². The molecule has 1 rings (SSSR count). The van der Waals surface area contributed by atoms with Crippen molar-refractivity contribution >= 4 is 49.4 Å². The number of halogens is 1. The van der Waals surface area contributed by atoms with E-state index < -0.39 is 53.7 Å². The lowest BCUT2D eigenvalue weighted by atomic mass is 10.7. The number of sulfone groups is 2. The van der Waals surface area contributed by atoms with Crippen LogP contribution in [0, 0.1) is 0 Å². The lowest BCUT2D eigenvalue weighted by Gasteiger charge is -2.03. The summed E-state index contributed by atoms with van der Waals surface area (Å²) in [5, 5.41) is 0.490. The number of aromatic nitrogens is 2. The summed E-state index contributed by atoms with van der Waals surface area (Å²) in [5.74, 6) is 0. The fourth-order valence-corrected chi connectivity index (χ4v) is 7.19. The fourth-order valence-electron chi connectivity index (χ4n) is 1.34. The van der Waals surface area contributed by atoms with Crippen molar-refractivity contribution in [3.8, 4) is 0 Å². The SMILES string of the molecule is CS(=O)(=O)c1nn(S(C)(=O)=O)c(S(C)(=O)=O)c1S(=O)(=O)Cl. The van der Waals surface area contributed by atoms with Crippen molar-refractivity contribution in [2.75, 3.05) is 18.8 Å². The average molecular weight is 401 g/mol. The van der Waals surface area contributed by atoms with Crippen LogP contribution in [0.2, 0.25) is 0 Å². The summed E-state index contributed by atoms with van der Waals surface area (Å²) in [6.45, 7) is 0. The zero-order valence-electron chi connectivity index (χ0n) is 10.7. The molecule has 0 amide bonds. The smallest absolute Gasteiger partial charge is 0.222 e. The maximum absolute atomic E-state index is 11.7.